The molecular formula is C31H35FN6O. The van der Waals surface area contributed by atoms with Crippen LogP contribution in [0.25, 0.3) is 16.7 Å². The molecule has 2 aromatic carbocycles. The van der Waals surface area contributed by atoms with Gasteiger partial charge in [-0.05, 0) is 42.7 Å². The number of carbonyl (C=O) groups is 1. The van der Waals surface area contributed by atoms with Crippen LogP contribution in [0.5, 0.6) is 0 Å². The van der Waals surface area contributed by atoms with Crippen LogP contribution in [0, 0.1) is 18.7 Å². The molecule has 1 saturated heterocycles. The zero-order valence-electron chi connectivity index (χ0n) is 22.5. The number of aromatic nitrogens is 4. The Balaban J connectivity index is 1.30. The molecule has 1 saturated carbocycles. The van der Waals surface area contributed by atoms with Gasteiger partial charge in [-0.3, -0.25) is 4.79 Å². The van der Waals surface area contributed by atoms with Gasteiger partial charge in [0.15, 0.2) is 5.65 Å². The van der Waals surface area contributed by atoms with Crippen molar-refractivity contribution in [1.82, 2.24) is 24.6 Å². The van der Waals surface area contributed by atoms with Crippen molar-refractivity contribution in [1.29, 1.82) is 0 Å². The lowest BCUT2D eigenvalue weighted by Crippen LogP contribution is -2.49. The number of carbonyl (C=O) groups excluding carboxylic acids is 1. The van der Waals surface area contributed by atoms with Crippen LogP contribution in [0.1, 0.15) is 49.2 Å². The number of hydrogen-bond acceptors (Lipinski definition) is 5. The summed E-state index contributed by atoms with van der Waals surface area (Å²) < 4.78 is 15.5. The van der Waals surface area contributed by atoms with E-state index in [0.29, 0.717) is 38.5 Å². The highest BCUT2D eigenvalue weighted by atomic mass is 19.1. The maximum atomic E-state index is 13.7. The molecule has 1 amide bonds. The predicted octanol–water partition coefficient (Wildman–Crippen LogP) is 5.28. The molecular weight excluding hydrogens is 491 g/mol. The van der Waals surface area contributed by atoms with Gasteiger partial charge >= 0.3 is 0 Å². The minimum atomic E-state index is -0.278. The zero-order valence-corrected chi connectivity index (χ0v) is 22.5. The van der Waals surface area contributed by atoms with Gasteiger partial charge in [-0.1, -0.05) is 62.4 Å². The van der Waals surface area contributed by atoms with E-state index in [9.17, 15) is 9.18 Å². The Morgan fingerprint density at radius 2 is 1.64 bits per heavy atom. The molecule has 4 aromatic rings. The maximum Gasteiger partial charge on any atom is 0.227 e. The molecule has 0 spiro atoms. The number of anilines is 1. The molecule has 0 bridgehead atoms. The van der Waals surface area contributed by atoms with E-state index < -0.39 is 0 Å². The Kier molecular flexibility index (Phi) is 7.26. The quantitative estimate of drug-likeness (QED) is 0.342. The van der Waals surface area contributed by atoms with Gasteiger partial charge in [-0.25, -0.2) is 19.0 Å². The van der Waals surface area contributed by atoms with Crippen LogP contribution in [-0.4, -0.2) is 56.7 Å². The summed E-state index contributed by atoms with van der Waals surface area (Å²) in [7, 11) is 0. The number of aryl methyl sites for hydroxylation is 1. The number of hydrogen-bond donors (Lipinski definition) is 0. The molecule has 2 aromatic heterocycles. The van der Waals surface area contributed by atoms with Gasteiger partial charge in [-0.15, -0.1) is 0 Å². The second kappa shape index (κ2) is 11.1. The molecule has 0 radical (unpaired) electrons. The SMILES string of the molecule is Cc1nn(-c2ccc(F)cc2)c2nc(CC3CCCCC3)nc(N3CCN(C(=O)Cc4ccccc4)CC3)c12. The van der Waals surface area contributed by atoms with Crippen LogP contribution in [-0.2, 0) is 17.6 Å². The number of piperazine rings is 1. The predicted molar refractivity (Wildman–Crippen MR) is 151 cm³/mol. The van der Waals surface area contributed by atoms with E-state index in [1.54, 1.807) is 12.1 Å². The number of amides is 1. The van der Waals surface area contributed by atoms with Crippen molar-refractivity contribution >= 4 is 22.8 Å². The Hall–Kier alpha value is -3.81. The molecule has 202 valence electrons. The second-order valence-corrected chi connectivity index (χ2v) is 10.9. The Morgan fingerprint density at radius 1 is 0.923 bits per heavy atom. The molecule has 3 heterocycles. The molecule has 2 aliphatic rings. The van der Waals surface area contributed by atoms with Gasteiger partial charge in [-0.2, -0.15) is 5.10 Å². The highest BCUT2D eigenvalue weighted by Gasteiger charge is 2.27. The van der Waals surface area contributed by atoms with E-state index in [1.807, 2.05) is 46.8 Å². The lowest BCUT2D eigenvalue weighted by Gasteiger charge is -2.36. The van der Waals surface area contributed by atoms with Crippen LogP contribution in [0.4, 0.5) is 10.2 Å². The van der Waals surface area contributed by atoms with E-state index in [0.717, 1.165) is 46.0 Å². The molecule has 0 N–H and O–H groups in total. The monoisotopic (exact) mass is 526 g/mol. The van der Waals surface area contributed by atoms with E-state index >= 15 is 0 Å². The second-order valence-electron chi connectivity index (χ2n) is 10.9. The van der Waals surface area contributed by atoms with E-state index in [2.05, 4.69) is 4.90 Å². The Morgan fingerprint density at radius 3 is 2.36 bits per heavy atom. The normalized spacial score (nSPS) is 16.7. The first-order chi connectivity index (χ1) is 19.0. The van der Waals surface area contributed by atoms with E-state index in [-0.39, 0.29) is 11.7 Å². The van der Waals surface area contributed by atoms with Crippen molar-refractivity contribution in [2.24, 2.45) is 5.92 Å². The summed E-state index contributed by atoms with van der Waals surface area (Å²) in [5, 5.41) is 5.75. The number of rotatable bonds is 6. The van der Waals surface area contributed by atoms with Crippen LogP contribution in [0.2, 0.25) is 0 Å². The summed E-state index contributed by atoms with van der Waals surface area (Å²) >= 11 is 0. The molecule has 1 aliphatic carbocycles. The number of halogens is 1. The fraction of sp³-hybridized carbons (Fsp3) is 0.419. The highest BCUT2D eigenvalue weighted by Crippen LogP contribution is 2.32. The van der Waals surface area contributed by atoms with Gasteiger partial charge in [0.05, 0.1) is 23.2 Å². The minimum absolute atomic E-state index is 0.159. The first kappa shape index (κ1) is 25.5. The summed E-state index contributed by atoms with van der Waals surface area (Å²) in [4.78, 5) is 27.4. The molecule has 2 fully saturated rings. The minimum Gasteiger partial charge on any atom is -0.352 e. The lowest BCUT2D eigenvalue weighted by atomic mass is 9.87. The summed E-state index contributed by atoms with van der Waals surface area (Å²) in [6, 6.07) is 16.3. The summed E-state index contributed by atoms with van der Waals surface area (Å²) in [5.41, 5.74) is 3.42. The van der Waals surface area contributed by atoms with Crippen molar-refractivity contribution in [3.8, 4) is 5.69 Å². The largest absolute Gasteiger partial charge is 0.352 e. The molecule has 1 aliphatic heterocycles. The van der Waals surface area contributed by atoms with Crippen LogP contribution < -0.4 is 4.90 Å². The van der Waals surface area contributed by atoms with Crippen molar-refractivity contribution in [2.75, 3.05) is 31.1 Å². The lowest BCUT2D eigenvalue weighted by molar-refractivity contribution is -0.130. The molecule has 0 unspecified atom stereocenters. The number of fused-ring (bicyclic) bond motifs is 1. The Labute approximate surface area is 228 Å². The average molecular weight is 527 g/mol. The van der Waals surface area contributed by atoms with Crippen LogP contribution in [0.3, 0.4) is 0 Å². The van der Waals surface area contributed by atoms with Gasteiger partial charge in [0.2, 0.25) is 5.91 Å². The van der Waals surface area contributed by atoms with E-state index in [4.69, 9.17) is 15.1 Å². The van der Waals surface area contributed by atoms with Crippen molar-refractivity contribution in [3.05, 3.63) is 77.5 Å². The van der Waals surface area contributed by atoms with Crippen molar-refractivity contribution < 1.29 is 9.18 Å². The van der Waals surface area contributed by atoms with Gasteiger partial charge in [0, 0.05) is 32.6 Å². The average Bonchev–Trinajstić information content (AvgIpc) is 3.30. The van der Waals surface area contributed by atoms with E-state index in [1.165, 1.54) is 44.2 Å². The maximum absolute atomic E-state index is 13.7. The topological polar surface area (TPSA) is 67.2 Å². The van der Waals surface area contributed by atoms with Crippen molar-refractivity contribution in [3.63, 3.8) is 0 Å². The highest BCUT2D eigenvalue weighted by molar-refractivity contribution is 5.91. The Bertz CT molecular complexity index is 1440. The van der Waals surface area contributed by atoms with Gasteiger partial charge in [0.25, 0.3) is 0 Å². The third kappa shape index (κ3) is 5.51. The van der Waals surface area contributed by atoms with Crippen LogP contribution >= 0.6 is 0 Å². The fourth-order valence-electron chi connectivity index (χ4n) is 5.99. The summed E-state index contributed by atoms with van der Waals surface area (Å²) in [6.07, 6.45) is 7.56. The van der Waals surface area contributed by atoms with Gasteiger partial charge in [0.1, 0.15) is 17.5 Å². The molecule has 8 heteroatoms. The fourth-order valence-corrected chi connectivity index (χ4v) is 5.99. The molecule has 7 nitrogen and oxygen atoms in total. The molecule has 6 rings (SSSR count). The molecule has 0 atom stereocenters. The number of benzene rings is 2. The first-order valence-corrected chi connectivity index (χ1v) is 14.1. The summed E-state index contributed by atoms with van der Waals surface area (Å²) in [6.45, 7) is 4.70. The van der Waals surface area contributed by atoms with Gasteiger partial charge < -0.3 is 9.80 Å². The third-order valence-corrected chi connectivity index (χ3v) is 8.13. The van der Waals surface area contributed by atoms with Crippen LogP contribution in [0.15, 0.2) is 54.6 Å². The molecule has 39 heavy (non-hydrogen) atoms. The number of nitrogens with zero attached hydrogens (tertiary/aromatic N) is 6. The van der Waals surface area contributed by atoms with Crippen molar-refractivity contribution in [2.45, 2.75) is 51.9 Å². The standard InChI is InChI=1S/C31H35FN6O/c1-22-29-30(37-18-16-36(17-19-37)28(39)21-24-10-6-3-7-11-24)33-27(20-23-8-4-2-5-9-23)34-31(29)38(35-22)26-14-12-25(32)13-15-26/h3,6-7,10-15,23H,2,4-5,8-9,16-21H2,1H3. The summed E-state index contributed by atoms with van der Waals surface area (Å²) in [5.74, 6) is 2.22. The third-order valence-electron chi connectivity index (χ3n) is 8.13. The zero-order chi connectivity index (χ0) is 26.8. The smallest absolute Gasteiger partial charge is 0.227 e. The first-order valence-electron chi connectivity index (χ1n) is 14.1.